The van der Waals surface area contributed by atoms with Crippen LogP contribution < -0.4 is 4.90 Å². The standard InChI is InChI=1S/C26H25NO2S/c1-14-19-10-12-21-16(3)30-17(4)22(21)13-11-20(19)15(2)24-23(14)25(28)27(26(24)29)18-8-6-5-7-9-18/h5-9H,10-13H2,1-4H3. The summed E-state index contributed by atoms with van der Waals surface area (Å²) in [6.45, 7) is 8.51. The van der Waals surface area contributed by atoms with Crippen LogP contribution >= 0.6 is 11.3 Å². The van der Waals surface area contributed by atoms with E-state index in [1.807, 2.05) is 55.5 Å². The molecule has 2 aliphatic rings. The number of carbonyl (C=O) groups excluding carboxylic acids is 2. The Labute approximate surface area is 181 Å². The molecular formula is C26H25NO2S. The van der Waals surface area contributed by atoms with E-state index in [2.05, 4.69) is 13.8 Å². The molecule has 1 aromatic heterocycles. The Morgan fingerprint density at radius 3 is 1.57 bits per heavy atom. The Hall–Kier alpha value is -2.72. The molecule has 0 N–H and O–H groups in total. The van der Waals surface area contributed by atoms with Gasteiger partial charge in [0, 0.05) is 9.75 Å². The van der Waals surface area contributed by atoms with Gasteiger partial charge in [0.1, 0.15) is 0 Å². The van der Waals surface area contributed by atoms with Crippen LogP contribution in [-0.2, 0) is 25.7 Å². The van der Waals surface area contributed by atoms with Crippen molar-refractivity contribution >= 4 is 28.8 Å². The molecule has 1 aliphatic heterocycles. The first-order chi connectivity index (χ1) is 14.4. The largest absolute Gasteiger partial charge is 0.268 e. The summed E-state index contributed by atoms with van der Waals surface area (Å²) in [5.74, 6) is -0.371. The number of hydrogen-bond acceptors (Lipinski definition) is 3. The van der Waals surface area contributed by atoms with Gasteiger partial charge in [0.15, 0.2) is 0 Å². The first-order valence-electron chi connectivity index (χ1n) is 10.6. The molecule has 0 saturated heterocycles. The van der Waals surface area contributed by atoms with Crippen molar-refractivity contribution in [3.05, 3.63) is 84.6 Å². The molecule has 3 aromatic rings. The van der Waals surface area contributed by atoms with Crippen molar-refractivity contribution in [2.75, 3.05) is 4.90 Å². The summed E-state index contributed by atoms with van der Waals surface area (Å²) in [6.07, 6.45) is 3.85. The number of amides is 2. The number of benzene rings is 2. The summed E-state index contributed by atoms with van der Waals surface area (Å²) >= 11 is 1.90. The highest BCUT2D eigenvalue weighted by atomic mass is 32.1. The second-order valence-corrected chi connectivity index (χ2v) is 9.84. The van der Waals surface area contributed by atoms with E-state index in [0.717, 1.165) is 36.8 Å². The van der Waals surface area contributed by atoms with Crippen molar-refractivity contribution in [3.8, 4) is 0 Å². The lowest BCUT2D eigenvalue weighted by Crippen LogP contribution is -2.29. The third-order valence-electron chi connectivity index (χ3n) is 6.89. The Kier molecular flexibility index (Phi) is 4.44. The molecule has 5 rings (SSSR count). The van der Waals surface area contributed by atoms with Crippen LogP contribution in [0.2, 0.25) is 0 Å². The first-order valence-corrected chi connectivity index (χ1v) is 11.4. The number of fused-ring (bicyclic) bond motifs is 3. The fourth-order valence-electron chi connectivity index (χ4n) is 5.40. The second-order valence-electron chi connectivity index (χ2n) is 8.41. The maximum Gasteiger partial charge on any atom is 0.266 e. The minimum atomic E-state index is -0.185. The molecule has 0 radical (unpaired) electrons. The van der Waals surface area contributed by atoms with Crippen molar-refractivity contribution < 1.29 is 9.59 Å². The van der Waals surface area contributed by atoms with Crippen molar-refractivity contribution in [1.29, 1.82) is 0 Å². The smallest absolute Gasteiger partial charge is 0.266 e. The Morgan fingerprint density at radius 1 is 0.667 bits per heavy atom. The van der Waals surface area contributed by atoms with Crippen molar-refractivity contribution in [2.24, 2.45) is 0 Å². The molecule has 0 saturated carbocycles. The molecule has 0 unspecified atom stereocenters. The van der Waals surface area contributed by atoms with E-state index in [1.54, 1.807) is 0 Å². The van der Waals surface area contributed by atoms with Gasteiger partial charge in [-0.25, -0.2) is 4.90 Å². The van der Waals surface area contributed by atoms with Crippen molar-refractivity contribution in [1.82, 2.24) is 0 Å². The van der Waals surface area contributed by atoms with Gasteiger partial charge in [-0.2, -0.15) is 0 Å². The summed E-state index contributed by atoms with van der Waals surface area (Å²) in [4.78, 5) is 31.0. The third kappa shape index (κ3) is 2.63. The molecule has 2 aromatic carbocycles. The zero-order valence-corrected chi connectivity index (χ0v) is 18.7. The van der Waals surface area contributed by atoms with Crippen LogP contribution in [0.1, 0.15) is 63.9 Å². The highest BCUT2D eigenvalue weighted by molar-refractivity contribution is 7.12. The van der Waals surface area contributed by atoms with Gasteiger partial charge in [0.05, 0.1) is 16.8 Å². The van der Waals surface area contributed by atoms with Gasteiger partial charge in [0.2, 0.25) is 0 Å². The molecule has 1 aliphatic carbocycles. The average Bonchev–Trinajstić information content (AvgIpc) is 3.12. The quantitative estimate of drug-likeness (QED) is 0.481. The zero-order valence-electron chi connectivity index (χ0n) is 17.9. The van der Waals surface area contributed by atoms with E-state index >= 15 is 0 Å². The molecule has 4 heteroatoms. The number of rotatable bonds is 1. The number of thiophene rings is 1. The summed E-state index contributed by atoms with van der Waals surface area (Å²) in [6, 6.07) is 9.27. The molecule has 152 valence electrons. The van der Waals surface area contributed by atoms with E-state index in [9.17, 15) is 9.59 Å². The lowest BCUT2D eigenvalue weighted by Gasteiger charge is -2.22. The van der Waals surface area contributed by atoms with Crippen molar-refractivity contribution in [2.45, 2.75) is 53.4 Å². The average molecular weight is 416 g/mol. The van der Waals surface area contributed by atoms with Gasteiger partial charge in [-0.1, -0.05) is 18.2 Å². The normalized spacial score (nSPS) is 15.5. The van der Waals surface area contributed by atoms with Crippen LogP contribution in [-0.4, -0.2) is 11.8 Å². The van der Waals surface area contributed by atoms with Crippen LogP contribution in [0.5, 0.6) is 0 Å². The van der Waals surface area contributed by atoms with E-state index in [-0.39, 0.29) is 11.8 Å². The van der Waals surface area contributed by atoms with Gasteiger partial charge in [-0.15, -0.1) is 11.3 Å². The fraction of sp³-hybridized carbons (Fsp3) is 0.308. The Balaban J connectivity index is 1.65. The Morgan fingerprint density at radius 2 is 1.10 bits per heavy atom. The van der Waals surface area contributed by atoms with Crippen LogP contribution in [0.15, 0.2) is 30.3 Å². The summed E-state index contributed by atoms with van der Waals surface area (Å²) < 4.78 is 0. The van der Waals surface area contributed by atoms with E-state index in [0.29, 0.717) is 16.8 Å². The molecule has 30 heavy (non-hydrogen) atoms. The molecule has 0 fully saturated rings. The third-order valence-corrected chi connectivity index (χ3v) is 7.99. The maximum absolute atomic E-state index is 13.4. The topological polar surface area (TPSA) is 37.4 Å². The predicted octanol–water partition coefficient (Wildman–Crippen LogP) is 5.67. The van der Waals surface area contributed by atoms with Gasteiger partial charge < -0.3 is 0 Å². The maximum atomic E-state index is 13.4. The van der Waals surface area contributed by atoms with Crippen LogP contribution in [0.3, 0.4) is 0 Å². The molecule has 0 spiro atoms. The van der Waals surface area contributed by atoms with E-state index < -0.39 is 0 Å². The second kappa shape index (κ2) is 6.92. The number of anilines is 1. The van der Waals surface area contributed by atoms with Crippen LogP contribution in [0.4, 0.5) is 5.69 Å². The number of aryl methyl sites for hydroxylation is 2. The van der Waals surface area contributed by atoms with Gasteiger partial charge in [-0.05, 0) is 98.9 Å². The van der Waals surface area contributed by atoms with Crippen molar-refractivity contribution in [3.63, 3.8) is 0 Å². The molecule has 0 atom stereocenters. The minimum absolute atomic E-state index is 0.185. The summed E-state index contributed by atoms with van der Waals surface area (Å²) in [5.41, 5.74) is 9.39. The fourth-order valence-corrected chi connectivity index (χ4v) is 6.56. The monoisotopic (exact) mass is 415 g/mol. The molecule has 2 heterocycles. The predicted molar refractivity (Wildman–Crippen MR) is 122 cm³/mol. The molecule has 3 nitrogen and oxygen atoms in total. The summed E-state index contributed by atoms with van der Waals surface area (Å²) in [5, 5.41) is 0. The Bertz CT molecular complexity index is 1150. The van der Waals surface area contributed by atoms with Crippen LogP contribution in [0, 0.1) is 27.7 Å². The van der Waals surface area contributed by atoms with E-state index in [1.165, 1.54) is 36.9 Å². The highest BCUT2D eigenvalue weighted by Gasteiger charge is 2.41. The number of imide groups is 1. The van der Waals surface area contributed by atoms with E-state index in [4.69, 9.17) is 0 Å². The molecule has 2 amide bonds. The van der Waals surface area contributed by atoms with Gasteiger partial charge in [-0.3, -0.25) is 9.59 Å². The number of carbonyl (C=O) groups is 2. The van der Waals surface area contributed by atoms with Crippen LogP contribution in [0.25, 0.3) is 0 Å². The zero-order chi connectivity index (χ0) is 21.2. The lowest BCUT2D eigenvalue weighted by atomic mass is 9.81. The first kappa shape index (κ1) is 19.3. The number of nitrogens with zero attached hydrogens (tertiary/aromatic N) is 1. The lowest BCUT2D eigenvalue weighted by molar-refractivity contribution is 0.0926. The van der Waals surface area contributed by atoms with Gasteiger partial charge in [0.25, 0.3) is 11.8 Å². The number of para-hydroxylation sites is 1. The summed E-state index contributed by atoms with van der Waals surface area (Å²) in [7, 11) is 0. The number of hydrogen-bond donors (Lipinski definition) is 0. The minimum Gasteiger partial charge on any atom is -0.268 e. The molecule has 0 bridgehead atoms. The SMILES string of the molecule is Cc1sc(C)c2c1CCc1c(C)c3c(c(C)c1CC2)C(=O)N(c1ccccc1)C3=O. The van der Waals surface area contributed by atoms with Gasteiger partial charge >= 0.3 is 0 Å². The molecular weight excluding hydrogens is 390 g/mol. The highest BCUT2D eigenvalue weighted by Crippen LogP contribution is 2.39.